The maximum atomic E-state index is 11.5. The van der Waals surface area contributed by atoms with Crippen LogP contribution in [0.4, 0.5) is 0 Å². The quantitative estimate of drug-likeness (QED) is 0.535. The van der Waals surface area contributed by atoms with E-state index in [1.165, 1.54) is 22.2 Å². The Morgan fingerprint density at radius 3 is 2.57 bits per heavy atom. The summed E-state index contributed by atoms with van der Waals surface area (Å²) in [7, 11) is 0. The molecule has 0 radical (unpaired) electrons. The van der Waals surface area contributed by atoms with Gasteiger partial charge in [-0.15, -0.1) is 22.0 Å². The molecule has 7 heteroatoms. The number of esters is 1. The fourth-order valence-electron chi connectivity index (χ4n) is 1.96. The minimum absolute atomic E-state index is 0.223. The summed E-state index contributed by atoms with van der Waals surface area (Å²) in [4.78, 5) is 12.7. The third-order valence-electron chi connectivity index (χ3n) is 3.12. The Kier molecular flexibility index (Phi) is 6.98. The van der Waals surface area contributed by atoms with Crippen molar-refractivity contribution in [2.45, 2.75) is 43.1 Å². The number of rotatable bonds is 8. The van der Waals surface area contributed by atoms with Gasteiger partial charge in [-0.25, -0.2) is 0 Å². The van der Waals surface area contributed by atoms with Gasteiger partial charge in [-0.1, -0.05) is 29.5 Å². The van der Waals surface area contributed by atoms with Crippen molar-refractivity contribution in [3.05, 3.63) is 35.7 Å². The van der Waals surface area contributed by atoms with Crippen LogP contribution >= 0.6 is 23.5 Å². The van der Waals surface area contributed by atoms with Gasteiger partial charge < -0.3 is 9.30 Å². The molecule has 0 atom stereocenters. The summed E-state index contributed by atoms with van der Waals surface area (Å²) >= 11 is 3.10. The molecule has 0 N–H and O–H groups in total. The van der Waals surface area contributed by atoms with Crippen LogP contribution in [0.1, 0.15) is 25.2 Å². The molecule has 5 nitrogen and oxygen atoms in total. The maximum absolute atomic E-state index is 11.5. The molecule has 2 aromatic rings. The summed E-state index contributed by atoms with van der Waals surface area (Å²) in [5.74, 6) is 1.71. The van der Waals surface area contributed by atoms with Gasteiger partial charge in [-0.05, 0) is 32.9 Å². The van der Waals surface area contributed by atoms with Gasteiger partial charge in [0.15, 0.2) is 5.16 Å². The predicted octanol–water partition coefficient (Wildman–Crippen LogP) is 3.55. The molecule has 0 saturated heterocycles. The van der Waals surface area contributed by atoms with Crippen LogP contribution in [0.2, 0.25) is 0 Å². The van der Waals surface area contributed by atoms with E-state index in [9.17, 15) is 4.79 Å². The van der Waals surface area contributed by atoms with Crippen molar-refractivity contribution in [2.24, 2.45) is 0 Å². The summed E-state index contributed by atoms with van der Waals surface area (Å²) in [6.07, 6.45) is 0. The lowest BCUT2D eigenvalue weighted by atomic mass is 10.2. The molecular weight excluding hydrogens is 330 g/mol. The van der Waals surface area contributed by atoms with Crippen LogP contribution in [0.15, 0.2) is 34.3 Å². The lowest BCUT2D eigenvalue weighted by molar-refractivity contribution is -0.139. The first-order chi connectivity index (χ1) is 11.1. The van der Waals surface area contributed by atoms with E-state index in [1.54, 1.807) is 18.7 Å². The largest absolute Gasteiger partial charge is 0.465 e. The number of aromatic nitrogens is 3. The lowest BCUT2D eigenvalue weighted by Crippen LogP contribution is -2.08. The summed E-state index contributed by atoms with van der Waals surface area (Å²) in [6, 6.07) is 8.44. The third kappa shape index (κ3) is 5.28. The first-order valence-electron chi connectivity index (χ1n) is 7.54. The van der Waals surface area contributed by atoms with E-state index in [1.807, 2.05) is 4.57 Å². The molecule has 0 aliphatic carbocycles. The van der Waals surface area contributed by atoms with E-state index in [0.717, 1.165) is 23.3 Å². The number of aryl methyl sites for hydroxylation is 1. The number of ether oxygens (including phenoxy) is 1. The standard InChI is InChI=1S/C16H21N3O2S2/c1-4-19-14(10-22-13-8-6-12(3)7-9-13)17-18-16(19)23-11-15(20)21-5-2/h6-9H,4-5,10-11H2,1-3H3. The molecule has 0 aliphatic rings. The van der Waals surface area contributed by atoms with Gasteiger partial charge in [0.05, 0.1) is 18.1 Å². The highest BCUT2D eigenvalue weighted by atomic mass is 32.2. The average Bonchev–Trinajstić information content (AvgIpc) is 2.94. The predicted molar refractivity (Wildman–Crippen MR) is 93.8 cm³/mol. The Morgan fingerprint density at radius 2 is 1.91 bits per heavy atom. The molecule has 1 aromatic heterocycles. The third-order valence-corrected chi connectivity index (χ3v) is 5.07. The van der Waals surface area contributed by atoms with Crippen molar-refractivity contribution in [3.63, 3.8) is 0 Å². The topological polar surface area (TPSA) is 57.0 Å². The fourth-order valence-corrected chi connectivity index (χ4v) is 3.62. The SMILES string of the molecule is CCOC(=O)CSc1nnc(CSc2ccc(C)cc2)n1CC. The van der Waals surface area contributed by atoms with E-state index in [-0.39, 0.29) is 11.7 Å². The first kappa shape index (κ1) is 17.9. The van der Waals surface area contributed by atoms with E-state index < -0.39 is 0 Å². The minimum Gasteiger partial charge on any atom is -0.465 e. The van der Waals surface area contributed by atoms with Gasteiger partial charge in [0, 0.05) is 11.4 Å². The second-order valence-corrected chi connectivity index (χ2v) is 6.83. The first-order valence-corrected chi connectivity index (χ1v) is 9.51. The number of thioether (sulfide) groups is 2. The molecule has 0 amide bonds. The Bertz CT molecular complexity index is 641. The molecular formula is C16H21N3O2S2. The Balaban J connectivity index is 1.97. The van der Waals surface area contributed by atoms with Crippen LogP contribution < -0.4 is 0 Å². The Morgan fingerprint density at radius 1 is 1.17 bits per heavy atom. The van der Waals surface area contributed by atoms with Crippen LogP contribution in [0.25, 0.3) is 0 Å². The zero-order valence-electron chi connectivity index (χ0n) is 13.6. The van der Waals surface area contributed by atoms with Gasteiger partial charge in [-0.2, -0.15) is 0 Å². The Labute approximate surface area is 145 Å². The molecule has 0 fully saturated rings. The molecule has 124 valence electrons. The van der Waals surface area contributed by atoms with E-state index in [2.05, 4.69) is 48.3 Å². The van der Waals surface area contributed by atoms with Crippen LogP contribution in [-0.4, -0.2) is 33.1 Å². The Hall–Kier alpha value is -1.47. The van der Waals surface area contributed by atoms with E-state index in [0.29, 0.717) is 6.61 Å². The van der Waals surface area contributed by atoms with Crippen molar-refractivity contribution < 1.29 is 9.53 Å². The van der Waals surface area contributed by atoms with Gasteiger partial charge in [0.2, 0.25) is 0 Å². The normalized spacial score (nSPS) is 10.7. The molecule has 23 heavy (non-hydrogen) atoms. The van der Waals surface area contributed by atoms with Crippen molar-refractivity contribution in [1.29, 1.82) is 0 Å². The number of hydrogen-bond acceptors (Lipinski definition) is 6. The molecule has 0 bridgehead atoms. The van der Waals surface area contributed by atoms with Gasteiger partial charge in [0.25, 0.3) is 0 Å². The van der Waals surface area contributed by atoms with Crippen molar-refractivity contribution in [1.82, 2.24) is 14.8 Å². The van der Waals surface area contributed by atoms with E-state index in [4.69, 9.17) is 4.74 Å². The highest BCUT2D eigenvalue weighted by Crippen LogP contribution is 2.24. The molecule has 1 aromatic carbocycles. The van der Waals surface area contributed by atoms with Crippen molar-refractivity contribution in [2.75, 3.05) is 12.4 Å². The number of hydrogen-bond donors (Lipinski definition) is 0. The van der Waals surface area contributed by atoms with Crippen molar-refractivity contribution in [3.8, 4) is 0 Å². The lowest BCUT2D eigenvalue weighted by Gasteiger charge is -2.07. The van der Waals surface area contributed by atoms with Crippen LogP contribution in [-0.2, 0) is 21.8 Å². The van der Waals surface area contributed by atoms with Crippen LogP contribution in [0.3, 0.4) is 0 Å². The maximum Gasteiger partial charge on any atom is 0.316 e. The average molecular weight is 351 g/mol. The number of carbonyl (C=O) groups excluding carboxylic acids is 1. The molecule has 1 heterocycles. The van der Waals surface area contributed by atoms with Gasteiger partial charge >= 0.3 is 5.97 Å². The summed E-state index contributed by atoms with van der Waals surface area (Å²) in [5.41, 5.74) is 1.25. The molecule has 2 rings (SSSR count). The summed E-state index contributed by atoms with van der Waals surface area (Å²) < 4.78 is 6.98. The zero-order valence-corrected chi connectivity index (χ0v) is 15.2. The monoisotopic (exact) mass is 351 g/mol. The highest BCUT2D eigenvalue weighted by Gasteiger charge is 2.13. The van der Waals surface area contributed by atoms with Crippen molar-refractivity contribution >= 4 is 29.5 Å². The zero-order chi connectivity index (χ0) is 16.7. The number of nitrogens with zero attached hydrogens (tertiary/aromatic N) is 3. The van der Waals surface area contributed by atoms with Gasteiger partial charge in [-0.3, -0.25) is 4.79 Å². The fraction of sp³-hybridized carbons (Fsp3) is 0.438. The number of carbonyl (C=O) groups is 1. The van der Waals surface area contributed by atoms with Gasteiger partial charge in [0.1, 0.15) is 5.82 Å². The summed E-state index contributed by atoms with van der Waals surface area (Å²) in [6.45, 7) is 7.12. The number of benzene rings is 1. The molecule has 0 unspecified atom stereocenters. The van der Waals surface area contributed by atoms with E-state index >= 15 is 0 Å². The summed E-state index contributed by atoms with van der Waals surface area (Å²) in [5, 5.41) is 9.23. The second-order valence-electron chi connectivity index (χ2n) is 4.84. The molecule has 0 spiro atoms. The van der Waals surface area contributed by atoms with Crippen LogP contribution in [0, 0.1) is 6.92 Å². The second kappa shape index (κ2) is 8.98. The molecule has 0 saturated carbocycles. The van der Waals surface area contributed by atoms with Crippen LogP contribution in [0.5, 0.6) is 0 Å². The highest BCUT2D eigenvalue weighted by molar-refractivity contribution is 7.99. The minimum atomic E-state index is -0.223. The molecule has 0 aliphatic heterocycles. The smallest absolute Gasteiger partial charge is 0.316 e.